The third kappa shape index (κ3) is 4.25. The number of carbonyl (C=O) groups is 1. The summed E-state index contributed by atoms with van der Waals surface area (Å²) in [4.78, 5) is 14.5. The van der Waals surface area contributed by atoms with Crippen LogP contribution in [0.5, 0.6) is 0 Å². The molecule has 0 radical (unpaired) electrons. The number of rotatable bonds is 7. The minimum absolute atomic E-state index is 0.246. The Hall–Kier alpha value is -0.610. The Kier molecular flexibility index (Phi) is 6.09. The minimum Gasteiger partial charge on any atom is -0.383 e. The zero-order chi connectivity index (χ0) is 13.6. The van der Waals surface area contributed by atoms with Crippen LogP contribution in [0.4, 0.5) is 0 Å². The zero-order valence-corrected chi connectivity index (χ0v) is 12.3. The van der Waals surface area contributed by atoms with E-state index < -0.39 is 0 Å². The zero-order valence-electron chi connectivity index (χ0n) is 12.3. The average Bonchev–Trinajstić information content (AvgIpc) is 2.86. The maximum Gasteiger partial charge on any atom is 0.228 e. The molecule has 0 spiro atoms. The number of nitrogens with one attached hydrogen (secondary N) is 1. The van der Waals surface area contributed by atoms with Gasteiger partial charge in [-0.25, -0.2) is 0 Å². The second-order valence-electron chi connectivity index (χ2n) is 5.77. The van der Waals surface area contributed by atoms with Crippen molar-refractivity contribution in [2.45, 2.75) is 46.1 Å². The predicted octanol–water partition coefficient (Wildman–Crippen LogP) is 1.65. The standard InChI is InChI=1S/C14H28N2O2/c1-5-14(2,3)13(17)16(9-10-18-4)11-12-7-6-8-15-12/h12,15H,5-11H2,1-4H3. The second kappa shape index (κ2) is 7.10. The molecule has 1 rings (SSSR count). The quantitative estimate of drug-likeness (QED) is 0.753. The third-order valence-corrected chi connectivity index (χ3v) is 3.92. The molecule has 1 unspecified atom stereocenters. The molecule has 0 saturated carbocycles. The highest BCUT2D eigenvalue weighted by atomic mass is 16.5. The van der Waals surface area contributed by atoms with Crippen LogP contribution in [0, 0.1) is 5.41 Å². The molecule has 4 nitrogen and oxygen atoms in total. The van der Waals surface area contributed by atoms with Crippen LogP contribution in [0.1, 0.15) is 40.0 Å². The van der Waals surface area contributed by atoms with E-state index in [1.165, 1.54) is 12.8 Å². The van der Waals surface area contributed by atoms with Crippen LogP contribution in [0.15, 0.2) is 0 Å². The molecule has 1 heterocycles. The van der Waals surface area contributed by atoms with Crippen molar-refractivity contribution in [2.75, 3.05) is 33.4 Å². The highest BCUT2D eigenvalue weighted by molar-refractivity contribution is 5.82. The fourth-order valence-electron chi connectivity index (χ4n) is 2.24. The first-order valence-electron chi connectivity index (χ1n) is 7.03. The Morgan fingerprint density at radius 1 is 1.50 bits per heavy atom. The lowest BCUT2D eigenvalue weighted by atomic mass is 9.88. The summed E-state index contributed by atoms with van der Waals surface area (Å²) in [7, 11) is 1.68. The fraction of sp³-hybridized carbons (Fsp3) is 0.929. The Morgan fingerprint density at radius 3 is 2.72 bits per heavy atom. The smallest absolute Gasteiger partial charge is 0.228 e. The van der Waals surface area contributed by atoms with E-state index in [4.69, 9.17) is 4.74 Å². The van der Waals surface area contributed by atoms with Gasteiger partial charge in [0, 0.05) is 31.7 Å². The van der Waals surface area contributed by atoms with Gasteiger partial charge < -0.3 is 15.0 Å². The summed E-state index contributed by atoms with van der Waals surface area (Å²) in [5.74, 6) is 0.246. The van der Waals surface area contributed by atoms with Gasteiger partial charge in [-0.1, -0.05) is 20.8 Å². The summed E-state index contributed by atoms with van der Waals surface area (Å²) in [5, 5.41) is 3.45. The summed E-state index contributed by atoms with van der Waals surface area (Å²) < 4.78 is 5.12. The van der Waals surface area contributed by atoms with Crippen molar-refractivity contribution in [3.05, 3.63) is 0 Å². The van der Waals surface area contributed by atoms with Gasteiger partial charge in [0.15, 0.2) is 0 Å². The van der Waals surface area contributed by atoms with E-state index in [9.17, 15) is 4.79 Å². The van der Waals surface area contributed by atoms with Crippen molar-refractivity contribution < 1.29 is 9.53 Å². The molecule has 1 saturated heterocycles. The van der Waals surface area contributed by atoms with Crippen molar-refractivity contribution in [2.24, 2.45) is 5.41 Å². The molecule has 1 aliphatic rings. The van der Waals surface area contributed by atoms with Crippen molar-refractivity contribution in [3.63, 3.8) is 0 Å². The Morgan fingerprint density at radius 2 is 2.22 bits per heavy atom. The van der Waals surface area contributed by atoms with Gasteiger partial charge in [0.1, 0.15) is 0 Å². The summed E-state index contributed by atoms with van der Waals surface area (Å²) in [6.07, 6.45) is 3.25. The van der Waals surface area contributed by atoms with Gasteiger partial charge >= 0.3 is 0 Å². The monoisotopic (exact) mass is 256 g/mol. The molecule has 0 bridgehead atoms. The first kappa shape index (κ1) is 15.4. The van der Waals surface area contributed by atoms with Gasteiger partial charge in [0.05, 0.1) is 6.61 Å². The number of hydrogen-bond acceptors (Lipinski definition) is 3. The van der Waals surface area contributed by atoms with Crippen LogP contribution < -0.4 is 5.32 Å². The Balaban J connectivity index is 2.61. The molecule has 106 valence electrons. The molecule has 1 amide bonds. The minimum atomic E-state index is -0.271. The molecule has 1 N–H and O–H groups in total. The summed E-state index contributed by atoms with van der Waals surface area (Å²) in [5.41, 5.74) is -0.271. The SMILES string of the molecule is CCC(C)(C)C(=O)N(CCOC)CC1CCCN1. The molecule has 0 aliphatic carbocycles. The predicted molar refractivity (Wildman–Crippen MR) is 73.6 cm³/mol. The second-order valence-corrected chi connectivity index (χ2v) is 5.77. The van der Waals surface area contributed by atoms with Gasteiger partial charge in [-0.05, 0) is 25.8 Å². The number of nitrogens with zero attached hydrogens (tertiary/aromatic N) is 1. The van der Waals surface area contributed by atoms with E-state index in [1.54, 1.807) is 7.11 Å². The van der Waals surface area contributed by atoms with E-state index in [0.717, 1.165) is 19.5 Å². The molecular formula is C14H28N2O2. The van der Waals surface area contributed by atoms with Gasteiger partial charge in [0.25, 0.3) is 0 Å². The molecular weight excluding hydrogens is 228 g/mol. The Labute approximate surface area is 111 Å². The van der Waals surface area contributed by atoms with Crippen LogP contribution in [-0.2, 0) is 9.53 Å². The maximum absolute atomic E-state index is 12.5. The molecule has 1 aliphatic heterocycles. The third-order valence-electron chi connectivity index (χ3n) is 3.92. The van der Waals surface area contributed by atoms with Crippen molar-refractivity contribution in [3.8, 4) is 0 Å². The topological polar surface area (TPSA) is 41.6 Å². The summed E-state index contributed by atoms with van der Waals surface area (Å²) in [6, 6.07) is 0.457. The van der Waals surface area contributed by atoms with E-state index >= 15 is 0 Å². The normalized spacial score (nSPS) is 20.1. The highest BCUT2D eigenvalue weighted by Crippen LogP contribution is 2.23. The number of methoxy groups -OCH3 is 1. The lowest BCUT2D eigenvalue weighted by Crippen LogP contribution is -2.47. The average molecular weight is 256 g/mol. The van der Waals surface area contributed by atoms with E-state index in [2.05, 4.69) is 12.2 Å². The molecule has 4 heteroatoms. The van der Waals surface area contributed by atoms with Crippen LogP contribution >= 0.6 is 0 Å². The molecule has 1 atom stereocenters. The van der Waals surface area contributed by atoms with Crippen LogP contribution in [0.3, 0.4) is 0 Å². The fourth-order valence-corrected chi connectivity index (χ4v) is 2.24. The maximum atomic E-state index is 12.5. The molecule has 18 heavy (non-hydrogen) atoms. The first-order valence-corrected chi connectivity index (χ1v) is 7.03. The van der Waals surface area contributed by atoms with Gasteiger partial charge in [-0.3, -0.25) is 4.79 Å². The highest BCUT2D eigenvalue weighted by Gasteiger charge is 2.31. The number of ether oxygens (including phenoxy) is 1. The Bertz CT molecular complexity index is 261. The van der Waals surface area contributed by atoms with Gasteiger partial charge in [-0.2, -0.15) is 0 Å². The van der Waals surface area contributed by atoms with Crippen LogP contribution in [0.25, 0.3) is 0 Å². The number of hydrogen-bond donors (Lipinski definition) is 1. The number of carbonyl (C=O) groups excluding carboxylic acids is 1. The van der Waals surface area contributed by atoms with Crippen LogP contribution in [-0.4, -0.2) is 50.2 Å². The molecule has 0 aromatic rings. The van der Waals surface area contributed by atoms with Gasteiger partial charge in [-0.15, -0.1) is 0 Å². The lowest BCUT2D eigenvalue weighted by Gasteiger charge is -2.33. The van der Waals surface area contributed by atoms with Gasteiger partial charge in [0.2, 0.25) is 5.91 Å². The van der Waals surface area contributed by atoms with Crippen molar-refractivity contribution in [1.29, 1.82) is 0 Å². The van der Waals surface area contributed by atoms with E-state index in [-0.39, 0.29) is 11.3 Å². The molecule has 0 aromatic carbocycles. The lowest BCUT2D eigenvalue weighted by molar-refractivity contribution is -0.141. The summed E-state index contributed by atoms with van der Waals surface area (Å²) >= 11 is 0. The van der Waals surface area contributed by atoms with Crippen molar-refractivity contribution >= 4 is 5.91 Å². The van der Waals surface area contributed by atoms with E-state index in [0.29, 0.717) is 19.2 Å². The first-order chi connectivity index (χ1) is 8.51. The van der Waals surface area contributed by atoms with E-state index in [1.807, 2.05) is 18.7 Å². The van der Waals surface area contributed by atoms with Crippen molar-refractivity contribution in [1.82, 2.24) is 10.2 Å². The number of amides is 1. The molecule has 1 fully saturated rings. The summed E-state index contributed by atoms with van der Waals surface area (Å²) in [6.45, 7) is 9.31. The van der Waals surface area contributed by atoms with Crippen LogP contribution in [0.2, 0.25) is 0 Å². The molecule has 0 aromatic heterocycles. The largest absolute Gasteiger partial charge is 0.383 e.